The third kappa shape index (κ3) is 4.03. The second-order valence-electron chi connectivity index (χ2n) is 4.13. The largest absolute Gasteiger partial charge is 0.478 e. The SMILES string of the molecule is CC(O)CC(C)Nc1ccc(C(=O)O)c(F)c1. The molecule has 0 saturated carbocycles. The fraction of sp³-hybridized carbons (Fsp3) is 0.417. The van der Waals surface area contributed by atoms with E-state index in [0.717, 1.165) is 6.07 Å². The Morgan fingerprint density at radius 2 is 2.12 bits per heavy atom. The molecule has 1 aromatic rings. The zero-order valence-electron chi connectivity index (χ0n) is 9.77. The van der Waals surface area contributed by atoms with Crippen molar-refractivity contribution in [2.45, 2.75) is 32.4 Å². The third-order valence-electron chi connectivity index (χ3n) is 2.31. The Morgan fingerprint density at radius 3 is 2.59 bits per heavy atom. The number of hydrogen-bond donors (Lipinski definition) is 3. The standard InChI is InChI=1S/C12H16FNO3/c1-7(5-8(2)15)14-9-3-4-10(12(16)17)11(13)6-9/h3-4,6-8,14-15H,5H2,1-2H3,(H,16,17). The Balaban J connectivity index is 2.74. The van der Waals surface area contributed by atoms with Gasteiger partial charge in [-0.05, 0) is 38.5 Å². The molecule has 1 aromatic carbocycles. The molecule has 17 heavy (non-hydrogen) atoms. The minimum atomic E-state index is -1.29. The van der Waals surface area contributed by atoms with Crippen molar-refractivity contribution in [3.8, 4) is 0 Å². The zero-order valence-corrected chi connectivity index (χ0v) is 9.77. The quantitative estimate of drug-likeness (QED) is 0.738. The fourth-order valence-electron chi connectivity index (χ4n) is 1.63. The van der Waals surface area contributed by atoms with Gasteiger partial charge in [-0.3, -0.25) is 0 Å². The molecule has 0 aliphatic heterocycles. The van der Waals surface area contributed by atoms with Gasteiger partial charge in [-0.2, -0.15) is 0 Å². The number of nitrogens with one attached hydrogen (secondary N) is 1. The molecular formula is C12H16FNO3. The Kier molecular flexibility index (Phi) is 4.45. The number of aliphatic hydroxyl groups is 1. The molecule has 0 aliphatic rings. The molecule has 0 radical (unpaired) electrons. The molecular weight excluding hydrogens is 225 g/mol. The Morgan fingerprint density at radius 1 is 1.47 bits per heavy atom. The molecule has 4 nitrogen and oxygen atoms in total. The van der Waals surface area contributed by atoms with E-state index in [1.807, 2.05) is 6.92 Å². The van der Waals surface area contributed by atoms with E-state index in [-0.39, 0.29) is 11.6 Å². The topological polar surface area (TPSA) is 69.6 Å². The highest BCUT2D eigenvalue weighted by Gasteiger charge is 2.11. The maximum Gasteiger partial charge on any atom is 0.338 e. The average Bonchev–Trinajstić information content (AvgIpc) is 2.15. The highest BCUT2D eigenvalue weighted by Crippen LogP contribution is 2.16. The van der Waals surface area contributed by atoms with Gasteiger partial charge < -0.3 is 15.5 Å². The van der Waals surface area contributed by atoms with Crippen molar-refractivity contribution in [1.82, 2.24) is 0 Å². The Hall–Kier alpha value is -1.62. The van der Waals surface area contributed by atoms with Crippen LogP contribution in [0.3, 0.4) is 0 Å². The van der Waals surface area contributed by atoms with Crippen LogP contribution in [-0.2, 0) is 0 Å². The second-order valence-corrected chi connectivity index (χ2v) is 4.13. The first-order chi connectivity index (χ1) is 7.90. The van der Waals surface area contributed by atoms with Gasteiger partial charge in [0.15, 0.2) is 0 Å². The first-order valence-corrected chi connectivity index (χ1v) is 5.37. The molecule has 2 unspecified atom stereocenters. The van der Waals surface area contributed by atoms with Crippen molar-refractivity contribution in [3.05, 3.63) is 29.6 Å². The predicted molar refractivity (Wildman–Crippen MR) is 62.7 cm³/mol. The summed E-state index contributed by atoms with van der Waals surface area (Å²) in [4.78, 5) is 10.6. The van der Waals surface area contributed by atoms with Crippen molar-refractivity contribution >= 4 is 11.7 Å². The number of hydrogen-bond acceptors (Lipinski definition) is 3. The van der Waals surface area contributed by atoms with Crippen LogP contribution in [0.4, 0.5) is 10.1 Å². The molecule has 0 saturated heterocycles. The fourth-order valence-corrected chi connectivity index (χ4v) is 1.63. The van der Waals surface area contributed by atoms with Crippen LogP contribution < -0.4 is 5.32 Å². The smallest absolute Gasteiger partial charge is 0.338 e. The van der Waals surface area contributed by atoms with Crippen molar-refractivity contribution in [2.75, 3.05) is 5.32 Å². The number of carboxylic acids is 1. The number of aliphatic hydroxyl groups excluding tert-OH is 1. The summed E-state index contributed by atoms with van der Waals surface area (Å²) in [7, 11) is 0. The first-order valence-electron chi connectivity index (χ1n) is 5.37. The maximum atomic E-state index is 13.3. The minimum Gasteiger partial charge on any atom is -0.478 e. The van der Waals surface area contributed by atoms with E-state index in [9.17, 15) is 14.3 Å². The normalized spacial score (nSPS) is 14.1. The molecule has 0 bridgehead atoms. The van der Waals surface area contributed by atoms with Crippen molar-refractivity contribution < 1.29 is 19.4 Å². The van der Waals surface area contributed by atoms with Gasteiger partial charge in [-0.25, -0.2) is 9.18 Å². The van der Waals surface area contributed by atoms with Crippen LogP contribution in [0.25, 0.3) is 0 Å². The number of aromatic carboxylic acids is 1. The van der Waals surface area contributed by atoms with E-state index in [2.05, 4.69) is 5.32 Å². The molecule has 0 fully saturated rings. The van der Waals surface area contributed by atoms with E-state index in [1.54, 1.807) is 6.92 Å². The van der Waals surface area contributed by atoms with Gasteiger partial charge in [0.1, 0.15) is 5.82 Å². The number of carboxylic acid groups (broad SMARTS) is 1. The van der Waals surface area contributed by atoms with Gasteiger partial charge in [0.2, 0.25) is 0 Å². The summed E-state index contributed by atoms with van der Waals surface area (Å²) < 4.78 is 13.3. The number of rotatable bonds is 5. The average molecular weight is 241 g/mol. The minimum absolute atomic E-state index is 0.0231. The van der Waals surface area contributed by atoms with Crippen LogP contribution in [0.2, 0.25) is 0 Å². The van der Waals surface area contributed by atoms with Crippen LogP contribution in [-0.4, -0.2) is 28.3 Å². The van der Waals surface area contributed by atoms with Crippen LogP contribution in [0, 0.1) is 5.82 Å². The number of halogens is 1. The van der Waals surface area contributed by atoms with Crippen LogP contribution in [0.1, 0.15) is 30.6 Å². The van der Waals surface area contributed by atoms with E-state index >= 15 is 0 Å². The summed E-state index contributed by atoms with van der Waals surface area (Å²) in [6.07, 6.45) is 0.0862. The Labute approximate surface area is 99.1 Å². The van der Waals surface area contributed by atoms with Gasteiger partial charge in [0, 0.05) is 11.7 Å². The van der Waals surface area contributed by atoms with Crippen molar-refractivity contribution in [2.24, 2.45) is 0 Å². The van der Waals surface area contributed by atoms with Gasteiger partial charge in [0.25, 0.3) is 0 Å². The van der Waals surface area contributed by atoms with Gasteiger partial charge in [-0.1, -0.05) is 0 Å². The summed E-state index contributed by atoms with van der Waals surface area (Å²) >= 11 is 0. The summed E-state index contributed by atoms with van der Waals surface area (Å²) in [5.41, 5.74) is 0.152. The molecule has 0 aromatic heterocycles. The van der Waals surface area contributed by atoms with Crippen molar-refractivity contribution in [1.29, 1.82) is 0 Å². The lowest BCUT2D eigenvalue weighted by molar-refractivity contribution is 0.0692. The van der Waals surface area contributed by atoms with Crippen LogP contribution in [0.5, 0.6) is 0 Å². The van der Waals surface area contributed by atoms with E-state index in [0.29, 0.717) is 12.1 Å². The lowest BCUT2D eigenvalue weighted by Crippen LogP contribution is -2.20. The number of carbonyl (C=O) groups is 1. The molecule has 3 N–H and O–H groups in total. The molecule has 0 spiro atoms. The summed E-state index contributed by atoms with van der Waals surface area (Å²) in [6, 6.07) is 3.84. The predicted octanol–water partition coefficient (Wildman–Crippen LogP) is 2.10. The monoisotopic (exact) mass is 241 g/mol. The molecule has 94 valence electrons. The molecule has 0 aliphatic carbocycles. The lowest BCUT2D eigenvalue weighted by Gasteiger charge is -2.16. The van der Waals surface area contributed by atoms with E-state index in [1.165, 1.54) is 12.1 Å². The first kappa shape index (κ1) is 13.4. The highest BCUT2D eigenvalue weighted by atomic mass is 19.1. The van der Waals surface area contributed by atoms with E-state index in [4.69, 9.17) is 5.11 Å². The molecule has 5 heteroatoms. The highest BCUT2D eigenvalue weighted by molar-refractivity contribution is 5.88. The van der Waals surface area contributed by atoms with E-state index < -0.39 is 17.9 Å². The molecule has 1 rings (SSSR count). The van der Waals surface area contributed by atoms with Gasteiger partial charge >= 0.3 is 5.97 Å². The van der Waals surface area contributed by atoms with Gasteiger partial charge in [0.05, 0.1) is 11.7 Å². The van der Waals surface area contributed by atoms with Gasteiger partial charge in [-0.15, -0.1) is 0 Å². The Bertz CT molecular complexity index is 407. The van der Waals surface area contributed by atoms with Crippen LogP contribution >= 0.6 is 0 Å². The molecule has 2 atom stereocenters. The maximum absolute atomic E-state index is 13.3. The lowest BCUT2D eigenvalue weighted by atomic mass is 10.1. The third-order valence-corrected chi connectivity index (χ3v) is 2.31. The van der Waals surface area contributed by atoms with Crippen LogP contribution in [0.15, 0.2) is 18.2 Å². The summed E-state index contributed by atoms with van der Waals surface area (Å²) in [6.45, 7) is 3.53. The second kappa shape index (κ2) is 5.63. The molecule has 0 amide bonds. The zero-order chi connectivity index (χ0) is 13.0. The molecule has 0 heterocycles. The summed E-state index contributed by atoms with van der Waals surface area (Å²) in [5, 5.41) is 20.8. The summed E-state index contributed by atoms with van der Waals surface area (Å²) in [5.74, 6) is -2.06. The number of anilines is 1. The van der Waals surface area contributed by atoms with Crippen molar-refractivity contribution in [3.63, 3.8) is 0 Å². The number of benzene rings is 1.